The number of halogens is 2. The van der Waals surface area contributed by atoms with Gasteiger partial charge in [0.05, 0.1) is 4.34 Å². The number of nitrogens with two attached hydrogens (primary N) is 1. The van der Waals surface area contributed by atoms with Crippen molar-refractivity contribution in [2.24, 2.45) is 5.73 Å². The summed E-state index contributed by atoms with van der Waals surface area (Å²) in [7, 11) is 0. The molecule has 0 saturated heterocycles. The Morgan fingerprint density at radius 3 is 2.63 bits per heavy atom. The van der Waals surface area contributed by atoms with Crippen LogP contribution in [0.3, 0.4) is 0 Å². The van der Waals surface area contributed by atoms with E-state index in [-0.39, 0.29) is 17.6 Å². The van der Waals surface area contributed by atoms with E-state index in [2.05, 4.69) is 0 Å². The zero-order valence-corrected chi connectivity index (χ0v) is 12.3. The molecule has 1 heterocycles. The van der Waals surface area contributed by atoms with Crippen LogP contribution < -0.4 is 10.5 Å². The predicted octanol–water partition coefficient (Wildman–Crippen LogP) is 4.32. The first-order valence-corrected chi connectivity index (χ1v) is 7.10. The molecule has 0 aliphatic heterocycles. The van der Waals surface area contributed by atoms with Gasteiger partial charge >= 0.3 is 0 Å². The summed E-state index contributed by atoms with van der Waals surface area (Å²) >= 11 is 7.31. The van der Waals surface area contributed by atoms with Gasteiger partial charge in [0.15, 0.2) is 11.6 Å². The molecule has 2 atom stereocenters. The van der Waals surface area contributed by atoms with E-state index in [1.807, 2.05) is 19.9 Å². The molecule has 2 N–H and O–H groups in total. The maximum Gasteiger partial charge on any atom is 0.165 e. The lowest BCUT2D eigenvalue weighted by Crippen LogP contribution is -2.28. The fourth-order valence-electron chi connectivity index (χ4n) is 1.74. The van der Waals surface area contributed by atoms with E-state index in [9.17, 15) is 4.39 Å². The minimum atomic E-state index is -0.409. The Bertz CT molecular complexity index is 570. The van der Waals surface area contributed by atoms with Crippen molar-refractivity contribution >= 4 is 22.9 Å². The zero-order valence-electron chi connectivity index (χ0n) is 10.7. The molecule has 1 aromatic carbocycles. The first kappa shape index (κ1) is 14.3. The van der Waals surface area contributed by atoms with Gasteiger partial charge in [-0.3, -0.25) is 0 Å². The van der Waals surface area contributed by atoms with E-state index < -0.39 is 6.10 Å². The summed E-state index contributed by atoms with van der Waals surface area (Å²) in [5, 5.41) is 0. The second-order valence-electron chi connectivity index (χ2n) is 4.47. The van der Waals surface area contributed by atoms with Gasteiger partial charge in [-0.15, -0.1) is 11.3 Å². The average molecular weight is 300 g/mol. The highest BCUT2D eigenvalue weighted by Gasteiger charge is 2.21. The number of thiophene rings is 1. The molecule has 0 fully saturated rings. The monoisotopic (exact) mass is 299 g/mol. The zero-order chi connectivity index (χ0) is 14.0. The quantitative estimate of drug-likeness (QED) is 0.912. The van der Waals surface area contributed by atoms with Crippen molar-refractivity contribution in [2.45, 2.75) is 26.0 Å². The summed E-state index contributed by atoms with van der Waals surface area (Å²) in [6.07, 6.45) is -0.409. The van der Waals surface area contributed by atoms with Gasteiger partial charge in [0.25, 0.3) is 0 Å². The van der Waals surface area contributed by atoms with Crippen molar-refractivity contribution in [1.82, 2.24) is 0 Å². The second kappa shape index (κ2) is 5.90. The van der Waals surface area contributed by atoms with Crippen LogP contribution in [0.4, 0.5) is 4.39 Å². The Hall–Kier alpha value is -1.10. The second-order valence-corrected chi connectivity index (χ2v) is 6.22. The number of benzene rings is 1. The SMILES string of the molecule is Cc1ccc(F)c(OC(c2ccc(Cl)s2)C(C)N)c1. The maximum atomic E-state index is 13.7. The van der Waals surface area contributed by atoms with Crippen LogP contribution in [0.1, 0.15) is 23.5 Å². The molecule has 102 valence electrons. The summed E-state index contributed by atoms with van der Waals surface area (Å²) in [5.41, 5.74) is 6.86. The number of hydrogen-bond donors (Lipinski definition) is 1. The topological polar surface area (TPSA) is 35.2 Å². The van der Waals surface area contributed by atoms with Crippen LogP contribution in [0.15, 0.2) is 30.3 Å². The van der Waals surface area contributed by atoms with Crippen LogP contribution in [0.5, 0.6) is 5.75 Å². The molecule has 2 unspecified atom stereocenters. The van der Waals surface area contributed by atoms with Crippen LogP contribution in [-0.2, 0) is 0 Å². The van der Waals surface area contributed by atoms with Crippen LogP contribution in [0, 0.1) is 12.7 Å². The van der Waals surface area contributed by atoms with E-state index in [1.54, 1.807) is 18.2 Å². The summed E-state index contributed by atoms with van der Waals surface area (Å²) < 4.78 is 20.1. The van der Waals surface area contributed by atoms with Crippen molar-refractivity contribution in [3.63, 3.8) is 0 Å². The molecule has 0 amide bonds. The van der Waals surface area contributed by atoms with Gasteiger partial charge in [0.1, 0.15) is 6.10 Å². The molecule has 2 rings (SSSR count). The fraction of sp³-hybridized carbons (Fsp3) is 0.286. The lowest BCUT2D eigenvalue weighted by Gasteiger charge is -2.21. The van der Waals surface area contributed by atoms with Crippen molar-refractivity contribution in [2.75, 3.05) is 0 Å². The largest absolute Gasteiger partial charge is 0.480 e. The minimum absolute atomic E-state index is 0.215. The molecule has 1 aromatic heterocycles. The van der Waals surface area contributed by atoms with E-state index >= 15 is 0 Å². The molecule has 2 nitrogen and oxygen atoms in total. The van der Waals surface area contributed by atoms with Gasteiger partial charge in [0.2, 0.25) is 0 Å². The van der Waals surface area contributed by atoms with Gasteiger partial charge < -0.3 is 10.5 Å². The lowest BCUT2D eigenvalue weighted by atomic mass is 10.1. The highest BCUT2D eigenvalue weighted by molar-refractivity contribution is 7.16. The molecule has 0 radical (unpaired) electrons. The summed E-state index contributed by atoms with van der Waals surface area (Å²) in [6, 6.07) is 8.13. The van der Waals surface area contributed by atoms with Crippen LogP contribution in [-0.4, -0.2) is 6.04 Å². The number of aryl methyl sites for hydroxylation is 1. The maximum absolute atomic E-state index is 13.7. The summed E-state index contributed by atoms with van der Waals surface area (Å²) in [5.74, 6) is -0.175. The molecule has 19 heavy (non-hydrogen) atoms. The molecule has 0 bridgehead atoms. The third-order valence-corrected chi connectivity index (χ3v) is 3.99. The van der Waals surface area contributed by atoms with Gasteiger partial charge in [-0.05, 0) is 43.7 Å². The number of ether oxygens (including phenoxy) is 1. The van der Waals surface area contributed by atoms with Gasteiger partial charge in [0, 0.05) is 10.9 Å². The van der Waals surface area contributed by atoms with E-state index in [1.165, 1.54) is 17.4 Å². The third kappa shape index (κ3) is 3.47. The predicted molar refractivity (Wildman–Crippen MR) is 77.5 cm³/mol. The first-order valence-electron chi connectivity index (χ1n) is 5.91. The lowest BCUT2D eigenvalue weighted by molar-refractivity contribution is 0.176. The van der Waals surface area contributed by atoms with Crippen LogP contribution in [0.2, 0.25) is 4.34 Å². The Kier molecular flexibility index (Phi) is 4.45. The van der Waals surface area contributed by atoms with Crippen LogP contribution in [0.25, 0.3) is 0 Å². The van der Waals surface area contributed by atoms with Gasteiger partial charge in [-0.25, -0.2) is 4.39 Å². The highest BCUT2D eigenvalue weighted by atomic mass is 35.5. The van der Waals surface area contributed by atoms with Crippen molar-refractivity contribution in [1.29, 1.82) is 0 Å². The highest BCUT2D eigenvalue weighted by Crippen LogP contribution is 2.33. The van der Waals surface area contributed by atoms with Gasteiger partial charge in [-0.2, -0.15) is 0 Å². The molecular weight excluding hydrogens is 285 g/mol. The standard InChI is InChI=1S/C14H15ClFNOS/c1-8-3-4-10(16)11(7-8)18-14(9(2)17)12-5-6-13(15)19-12/h3-7,9,14H,17H2,1-2H3. The van der Waals surface area contributed by atoms with Crippen molar-refractivity contribution in [3.05, 3.63) is 50.9 Å². The first-order chi connectivity index (χ1) is 8.97. The van der Waals surface area contributed by atoms with Crippen molar-refractivity contribution < 1.29 is 9.13 Å². The van der Waals surface area contributed by atoms with E-state index in [0.717, 1.165) is 10.4 Å². The molecular formula is C14H15ClFNOS. The van der Waals surface area contributed by atoms with Crippen LogP contribution >= 0.6 is 22.9 Å². The smallest absolute Gasteiger partial charge is 0.165 e. The fourth-order valence-corrected chi connectivity index (χ4v) is 2.95. The third-order valence-electron chi connectivity index (χ3n) is 2.69. The molecule has 0 saturated carbocycles. The molecule has 2 aromatic rings. The minimum Gasteiger partial charge on any atom is -0.480 e. The molecule has 0 aliphatic carbocycles. The Morgan fingerprint density at radius 2 is 2.05 bits per heavy atom. The van der Waals surface area contributed by atoms with E-state index in [4.69, 9.17) is 22.1 Å². The number of rotatable bonds is 4. The summed E-state index contributed by atoms with van der Waals surface area (Å²) in [6.45, 7) is 3.71. The Balaban J connectivity index is 2.29. The van der Waals surface area contributed by atoms with Crippen molar-refractivity contribution in [3.8, 4) is 5.75 Å². The summed E-state index contributed by atoms with van der Waals surface area (Å²) in [4.78, 5) is 0.890. The van der Waals surface area contributed by atoms with E-state index in [0.29, 0.717) is 4.34 Å². The molecule has 0 aliphatic rings. The van der Waals surface area contributed by atoms with Gasteiger partial charge in [-0.1, -0.05) is 17.7 Å². The number of hydrogen-bond acceptors (Lipinski definition) is 3. The average Bonchev–Trinajstić information content (AvgIpc) is 2.76. The Labute approximate surface area is 121 Å². The Morgan fingerprint density at radius 1 is 1.32 bits per heavy atom. The molecule has 0 spiro atoms. The molecule has 5 heteroatoms. The normalized spacial score (nSPS) is 14.2.